The fraction of sp³-hybridized carbons (Fsp3) is 0.143. The number of rotatable bonds is 5. The van der Waals surface area contributed by atoms with Crippen LogP contribution in [0, 0.1) is 0 Å². The van der Waals surface area contributed by atoms with Crippen molar-refractivity contribution in [3.05, 3.63) is 57.0 Å². The molecule has 1 amide bonds. The molecule has 0 bridgehead atoms. The van der Waals surface area contributed by atoms with Gasteiger partial charge in [0.05, 0.1) is 3.79 Å². The number of hydrogen-bond acceptors (Lipinski definition) is 3. The van der Waals surface area contributed by atoms with Crippen molar-refractivity contribution < 1.29 is 4.79 Å². The molecule has 1 N–H and O–H groups in total. The Hall–Kier alpha value is -1.46. The minimum Gasteiger partial charge on any atom is -0.352 e. The van der Waals surface area contributed by atoms with E-state index in [1.807, 2.05) is 36.4 Å². The number of hydrogen-bond donors (Lipinski definition) is 1. The van der Waals surface area contributed by atoms with Crippen molar-refractivity contribution in [1.29, 1.82) is 0 Å². The van der Waals surface area contributed by atoms with Gasteiger partial charge in [-0.05, 0) is 46.3 Å². The fourth-order valence-corrected chi connectivity index (χ4v) is 2.82. The lowest BCUT2D eigenvalue weighted by molar-refractivity contribution is -0.116. The van der Waals surface area contributed by atoms with Gasteiger partial charge in [-0.15, -0.1) is 11.3 Å². The molecular weight excluding hydrogens is 324 g/mol. The number of pyridine rings is 1. The highest BCUT2D eigenvalue weighted by Crippen LogP contribution is 2.22. The Bertz CT molecular complexity index is 566. The van der Waals surface area contributed by atoms with Crippen LogP contribution < -0.4 is 5.32 Å². The number of nitrogens with one attached hydrogen (secondary N) is 1. The summed E-state index contributed by atoms with van der Waals surface area (Å²) in [5, 5.41) is 2.84. The summed E-state index contributed by atoms with van der Waals surface area (Å²) in [5.41, 5.74) is 0.981. The maximum absolute atomic E-state index is 11.6. The molecule has 2 aromatic heterocycles. The van der Waals surface area contributed by atoms with E-state index in [-0.39, 0.29) is 5.91 Å². The van der Waals surface area contributed by atoms with Crippen LogP contribution in [0.3, 0.4) is 0 Å². The van der Waals surface area contributed by atoms with E-state index in [4.69, 9.17) is 0 Å². The number of nitrogens with zero attached hydrogens (tertiary/aromatic N) is 1. The Labute approximate surface area is 124 Å². The van der Waals surface area contributed by atoms with Gasteiger partial charge >= 0.3 is 0 Å². The Morgan fingerprint density at radius 3 is 2.95 bits per heavy atom. The van der Waals surface area contributed by atoms with Crippen molar-refractivity contribution in [2.45, 2.75) is 6.42 Å². The van der Waals surface area contributed by atoms with Gasteiger partial charge in [-0.2, -0.15) is 0 Å². The first-order valence-electron chi connectivity index (χ1n) is 5.85. The average Bonchev–Trinajstić information content (AvgIpc) is 2.83. The van der Waals surface area contributed by atoms with Gasteiger partial charge in [-0.1, -0.05) is 6.07 Å². The molecule has 0 radical (unpaired) electrons. The lowest BCUT2D eigenvalue weighted by atomic mass is 10.3. The largest absolute Gasteiger partial charge is 0.352 e. The predicted octanol–water partition coefficient (Wildman–Crippen LogP) is 3.28. The topological polar surface area (TPSA) is 42.0 Å². The molecule has 2 rings (SSSR count). The number of thiophene rings is 1. The van der Waals surface area contributed by atoms with Gasteiger partial charge in [0.1, 0.15) is 0 Å². The minimum absolute atomic E-state index is 0.0829. The molecule has 2 aromatic rings. The van der Waals surface area contributed by atoms with Crippen LogP contribution >= 0.6 is 27.3 Å². The van der Waals surface area contributed by atoms with Crippen molar-refractivity contribution in [3.8, 4) is 0 Å². The fourth-order valence-electron chi connectivity index (χ4n) is 1.49. The van der Waals surface area contributed by atoms with E-state index >= 15 is 0 Å². The van der Waals surface area contributed by atoms with Gasteiger partial charge in [-0.25, -0.2) is 0 Å². The summed E-state index contributed by atoms with van der Waals surface area (Å²) in [7, 11) is 0. The molecule has 0 aliphatic carbocycles. The third-order valence-electron chi connectivity index (χ3n) is 2.40. The summed E-state index contributed by atoms with van der Waals surface area (Å²) in [5.74, 6) is -0.0829. The highest BCUT2D eigenvalue weighted by Gasteiger charge is 1.98. The van der Waals surface area contributed by atoms with E-state index in [0.29, 0.717) is 6.54 Å². The molecular formula is C14H13BrN2OS. The maximum Gasteiger partial charge on any atom is 0.244 e. The van der Waals surface area contributed by atoms with E-state index < -0.39 is 0 Å². The first kappa shape index (κ1) is 14.0. The molecule has 2 heterocycles. The smallest absolute Gasteiger partial charge is 0.244 e. The predicted molar refractivity (Wildman–Crippen MR) is 82.0 cm³/mol. The number of carbonyl (C=O) groups excluding carboxylic acids is 1. The van der Waals surface area contributed by atoms with Crippen LogP contribution in [0.5, 0.6) is 0 Å². The zero-order valence-electron chi connectivity index (χ0n) is 10.2. The van der Waals surface area contributed by atoms with Crippen molar-refractivity contribution in [1.82, 2.24) is 10.3 Å². The molecule has 0 atom stereocenters. The van der Waals surface area contributed by atoms with E-state index in [9.17, 15) is 4.79 Å². The molecule has 0 aromatic carbocycles. The third kappa shape index (κ3) is 4.96. The summed E-state index contributed by atoms with van der Waals surface area (Å²) < 4.78 is 1.06. The lowest BCUT2D eigenvalue weighted by Crippen LogP contribution is -2.23. The van der Waals surface area contributed by atoms with Gasteiger partial charge in [0.15, 0.2) is 0 Å². The van der Waals surface area contributed by atoms with E-state index in [2.05, 4.69) is 26.2 Å². The second kappa shape index (κ2) is 7.21. The quantitative estimate of drug-likeness (QED) is 0.851. The Morgan fingerprint density at radius 2 is 2.26 bits per heavy atom. The normalized spacial score (nSPS) is 10.8. The van der Waals surface area contributed by atoms with E-state index in [1.165, 1.54) is 0 Å². The Kier molecular flexibility index (Phi) is 5.30. The Balaban J connectivity index is 1.74. The highest BCUT2D eigenvalue weighted by atomic mass is 79.9. The van der Waals surface area contributed by atoms with Crippen LogP contribution in [0.25, 0.3) is 6.08 Å². The maximum atomic E-state index is 11.6. The van der Waals surface area contributed by atoms with Crippen LogP contribution in [0.4, 0.5) is 0 Å². The molecule has 0 unspecified atom stereocenters. The standard InChI is InChI=1S/C14H13BrN2OS/c15-13-6-4-12(19-13)5-7-14(18)17-10-8-11-3-1-2-9-16-11/h1-7,9H,8,10H2,(H,17,18)/b7-5+. The molecule has 98 valence electrons. The number of carbonyl (C=O) groups is 1. The highest BCUT2D eigenvalue weighted by molar-refractivity contribution is 9.11. The summed E-state index contributed by atoms with van der Waals surface area (Å²) in [6, 6.07) is 9.70. The summed E-state index contributed by atoms with van der Waals surface area (Å²) in [6.07, 6.45) is 5.86. The third-order valence-corrected chi connectivity index (χ3v) is 3.99. The SMILES string of the molecule is O=C(/C=C/c1ccc(Br)s1)NCCc1ccccn1. The summed E-state index contributed by atoms with van der Waals surface area (Å²) in [6.45, 7) is 0.592. The van der Waals surface area contributed by atoms with Gasteiger partial charge in [0.25, 0.3) is 0 Å². The molecule has 5 heteroatoms. The summed E-state index contributed by atoms with van der Waals surface area (Å²) >= 11 is 4.97. The number of halogens is 1. The molecule has 0 saturated carbocycles. The van der Waals surface area contributed by atoms with Gasteiger partial charge < -0.3 is 5.32 Å². The molecule has 19 heavy (non-hydrogen) atoms. The summed E-state index contributed by atoms with van der Waals surface area (Å²) in [4.78, 5) is 16.8. The Morgan fingerprint density at radius 1 is 1.37 bits per heavy atom. The van der Waals surface area contributed by atoms with E-state index in [1.54, 1.807) is 23.6 Å². The molecule has 3 nitrogen and oxygen atoms in total. The van der Waals surface area contributed by atoms with E-state index in [0.717, 1.165) is 20.8 Å². The molecule has 0 spiro atoms. The van der Waals surface area contributed by atoms with Crippen LogP contribution in [0.15, 0.2) is 46.4 Å². The van der Waals surface area contributed by atoms with Crippen LogP contribution in [0.1, 0.15) is 10.6 Å². The second-order valence-electron chi connectivity index (χ2n) is 3.84. The monoisotopic (exact) mass is 336 g/mol. The van der Waals surface area contributed by atoms with Crippen LogP contribution in [-0.4, -0.2) is 17.4 Å². The number of aromatic nitrogens is 1. The van der Waals surface area contributed by atoms with Crippen molar-refractivity contribution in [2.75, 3.05) is 6.54 Å². The zero-order chi connectivity index (χ0) is 13.5. The van der Waals surface area contributed by atoms with Gasteiger partial charge in [0, 0.05) is 35.8 Å². The first-order valence-corrected chi connectivity index (χ1v) is 7.46. The first-order chi connectivity index (χ1) is 9.24. The van der Waals surface area contributed by atoms with Crippen molar-refractivity contribution >= 4 is 39.2 Å². The molecule has 0 aliphatic heterocycles. The van der Waals surface area contributed by atoms with Crippen LogP contribution in [0.2, 0.25) is 0 Å². The van der Waals surface area contributed by atoms with Gasteiger partial charge in [0.2, 0.25) is 5.91 Å². The lowest BCUT2D eigenvalue weighted by Gasteiger charge is -2.01. The van der Waals surface area contributed by atoms with Crippen molar-refractivity contribution in [2.24, 2.45) is 0 Å². The second-order valence-corrected chi connectivity index (χ2v) is 6.33. The van der Waals surface area contributed by atoms with Gasteiger partial charge in [-0.3, -0.25) is 9.78 Å². The average molecular weight is 337 g/mol. The number of amides is 1. The van der Waals surface area contributed by atoms with Crippen molar-refractivity contribution in [3.63, 3.8) is 0 Å². The molecule has 0 fully saturated rings. The zero-order valence-corrected chi connectivity index (χ0v) is 12.6. The van der Waals surface area contributed by atoms with Crippen LogP contribution in [-0.2, 0) is 11.2 Å². The minimum atomic E-state index is -0.0829. The molecule has 0 aliphatic rings. The molecule has 0 saturated heterocycles.